The van der Waals surface area contributed by atoms with Gasteiger partial charge in [0.15, 0.2) is 5.65 Å². The molecule has 0 saturated carbocycles. The maximum absolute atomic E-state index is 11.2. The average molecular weight is 360 g/mol. The summed E-state index contributed by atoms with van der Waals surface area (Å²) in [5, 5.41) is 15.3. The minimum atomic E-state index is -0.107. The predicted molar refractivity (Wildman–Crippen MR) is 99.3 cm³/mol. The lowest BCUT2D eigenvalue weighted by molar-refractivity contribution is -0.114. The number of H-pyrrole nitrogens is 1. The van der Waals surface area contributed by atoms with Crippen molar-refractivity contribution >= 4 is 22.6 Å². The number of amides is 1. The van der Waals surface area contributed by atoms with Gasteiger partial charge in [-0.15, -0.1) is 0 Å². The molecule has 0 bridgehead atoms. The number of carbonyl (C=O) groups excluding carboxylic acids is 1. The number of anilines is 1. The molecule has 3 aromatic heterocycles. The highest BCUT2D eigenvalue weighted by molar-refractivity contribution is 5.89. The molecule has 2 N–H and O–H groups in total. The van der Waals surface area contributed by atoms with Crippen LogP contribution in [0.25, 0.3) is 22.3 Å². The smallest absolute Gasteiger partial charge is 0.221 e. The number of nitrogens with zero attached hydrogens (tertiary/aromatic N) is 4. The number of rotatable bonds is 2. The fourth-order valence-electron chi connectivity index (χ4n) is 3.24. The third-order valence-electron chi connectivity index (χ3n) is 4.53. The second-order valence-electron chi connectivity index (χ2n) is 6.50. The highest BCUT2D eigenvalue weighted by Gasteiger charge is 2.18. The van der Waals surface area contributed by atoms with Crippen LogP contribution in [0.4, 0.5) is 5.69 Å². The summed E-state index contributed by atoms with van der Waals surface area (Å²) < 4.78 is 7.90. The van der Waals surface area contributed by atoms with E-state index in [4.69, 9.17) is 9.84 Å². The molecule has 134 valence electrons. The van der Waals surface area contributed by atoms with Gasteiger partial charge in [0.1, 0.15) is 12.4 Å². The normalized spacial score (nSPS) is 12.8. The third kappa shape index (κ3) is 2.80. The van der Waals surface area contributed by atoms with Crippen LogP contribution in [0.5, 0.6) is 5.75 Å². The summed E-state index contributed by atoms with van der Waals surface area (Å²) in [5.74, 6) is 0.652. The summed E-state index contributed by atoms with van der Waals surface area (Å²) in [4.78, 5) is 15.6. The van der Waals surface area contributed by atoms with E-state index in [1.54, 1.807) is 12.4 Å². The summed E-state index contributed by atoms with van der Waals surface area (Å²) in [5.41, 5.74) is 5.26. The lowest BCUT2D eigenvalue weighted by Crippen LogP contribution is -2.06. The summed E-state index contributed by atoms with van der Waals surface area (Å²) in [6.07, 6.45) is 3.54. The van der Waals surface area contributed by atoms with E-state index in [1.165, 1.54) is 6.92 Å². The molecular formula is C19H16N6O2. The number of fused-ring (bicyclic) bond motifs is 3. The van der Waals surface area contributed by atoms with Crippen LogP contribution in [0.15, 0.2) is 42.7 Å². The van der Waals surface area contributed by atoms with Gasteiger partial charge in [-0.25, -0.2) is 4.98 Å². The molecule has 8 heteroatoms. The Morgan fingerprint density at radius 3 is 3.07 bits per heavy atom. The van der Waals surface area contributed by atoms with Crippen LogP contribution >= 0.6 is 0 Å². The van der Waals surface area contributed by atoms with Gasteiger partial charge in [-0.3, -0.25) is 14.6 Å². The van der Waals surface area contributed by atoms with Gasteiger partial charge < -0.3 is 10.1 Å². The zero-order chi connectivity index (χ0) is 18.4. The molecule has 1 amide bonds. The van der Waals surface area contributed by atoms with Crippen LogP contribution in [0, 0.1) is 0 Å². The summed E-state index contributed by atoms with van der Waals surface area (Å²) in [6, 6.07) is 9.71. The van der Waals surface area contributed by atoms with Gasteiger partial charge in [-0.05, 0) is 18.2 Å². The second-order valence-corrected chi connectivity index (χ2v) is 6.50. The van der Waals surface area contributed by atoms with E-state index in [0.29, 0.717) is 13.2 Å². The molecule has 1 aromatic carbocycles. The van der Waals surface area contributed by atoms with Crippen LogP contribution in [0.3, 0.4) is 0 Å². The summed E-state index contributed by atoms with van der Waals surface area (Å²) >= 11 is 0. The number of aromatic amines is 1. The lowest BCUT2D eigenvalue weighted by atomic mass is 10.2. The number of nitrogens with one attached hydrogen (secondary N) is 2. The molecule has 0 saturated heterocycles. The fraction of sp³-hybridized carbons (Fsp3) is 0.158. The van der Waals surface area contributed by atoms with Crippen LogP contribution in [-0.4, -0.2) is 30.9 Å². The zero-order valence-corrected chi connectivity index (χ0v) is 14.6. The van der Waals surface area contributed by atoms with Crippen LogP contribution in [-0.2, 0) is 17.9 Å². The largest absolute Gasteiger partial charge is 0.487 e. The second kappa shape index (κ2) is 5.94. The molecule has 0 spiro atoms. The van der Waals surface area contributed by atoms with Gasteiger partial charge in [0.25, 0.3) is 0 Å². The molecule has 0 atom stereocenters. The average Bonchev–Trinajstić information content (AvgIpc) is 3.24. The first-order chi connectivity index (χ1) is 13.2. The van der Waals surface area contributed by atoms with E-state index < -0.39 is 0 Å². The number of hydrogen-bond acceptors (Lipinski definition) is 5. The van der Waals surface area contributed by atoms with Crippen LogP contribution in [0.1, 0.15) is 18.2 Å². The standard InChI is InChI=1S/C19H16N6O2/c1-11(26)22-15-3-2-12-9-25-16(10-27-18(12)5-15)6-17(24-25)13-4-14-8-21-23-19(14)20-7-13/h2-8H,9-10H2,1H3,(H,22,26)(H,20,21,23). The Kier molecular flexibility index (Phi) is 3.43. The Morgan fingerprint density at radius 2 is 2.19 bits per heavy atom. The van der Waals surface area contributed by atoms with Crippen molar-refractivity contribution in [2.24, 2.45) is 0 Å². The first-order valence-electron chi connectivity index (χ1n) is 8.55. The number of benzene rings is 1. The Hall–Kier alpha value is -3.68. The van der Waals surface area contributed by atoms with Crippen molar-refractivity contribution in [1.29, 1.82) is 0 Å². The van der Waals surface area contributed by atoms with Gasteiger partial charge >= 0.3 is 0 Å². The van der Waals surface area contributed by atoms with Crippen molar-refractivity contribution < 1.29 is 9.53 Å². The van der Waals surface area contributed by atoms with E-state index in [0.717, 1.165) is 45.0 Å². The van der Waals surface area contributed by atoms with Gasteiger partial charge in [-0.1, -0.05) is 6.07 Å². The van der Waals surface area contributed by atoms with Crippen LogP contribution < -0.4 is 10.1 Å². The van der Waals surface area contributed by atoms with Gasteiger partial charge in [0.2, 0.25) is 5.91 Å². The Morgan fingerprint density at radius 1 is 1.26 bits per heavy atom. The number of carbonyl (C=O) groups is 1. The molecule has 0 aliphatic carbocycles. The van der Waals surface area contributed by atoms with Crippen molar-refractivity contribution in [3.8, 4) is 17.0 Å². The maximum Gasteiger partial charge on any atom is 0.221 e. The van der Waals surface area contributed by atoms with Crippen molar-refractivity contribution in [1.82, 2.24) is 25.0 Å². The predicted octanol–water partition coefficient (Wildman–Crippen LogP) is 2.72. The van der Waals surface area contributed by atoms with E-state index in [2.05, 4.69) is 20.5 Å². The van der Waals surface area contributed by atoms with Gasteiger partial charge in [-0.2, -0.15) is 10.2 Å². The molecule has 0 fully saturated rings. The first-order valence-corrected chi connectivity index (χ1v) is 8.55. The Balaban J connectivity index is 1.47. The number of ether oxygens (including phenoxy) is 1. The fourth-order valence-corrected chi connectivity index (χ4v) is 3.24. The molecule has 0 radical (unpaired) electrons. The maximum atomic E-state index is 11.2. The van der Waals surface area contributed by atoms with Gasteiger partial charge in [0, 0.05) is 41.4 Å². The third-order valence-corrected chi connectivity index (χ3v) is 4.53. The number of hydrogen-bond donors (Lipinski definition) is 2. The van der Waals surface area contributed by atoms with E-state index in [9.17, 15) is 4.79 Å². The van der Waals surface area contributed by atoms with Gasteiger partial charge in [0.05, 0.1) is 24.1 Å². The monoisotopic (exact) mass is 360 g/mol. The molecule has 1 aliphatic heterocycles. The number of aromatic nitrogens is 5. The van der Waals surface area contributed by atoms with E-state index in [-0.39, 0.29) is 5.91 Å². The Bertz CT molecular complexity index is 1180. The molecule has 4 aromatic rings. The number of pyridine rings is 1. The first kappa shape index (κ1) is 15.6. The minimum Gasteiger partial charge on any atom is -0.487 e. The SMILES string of the molecule is CC(=O)Nc1ccc2c(c1)OCc1cc(-c3cnc4[nH]ncc4c3)nn1C2. The van der Waals surface area contributed by atoms with E-state index >= 15 is 0 Å². The summed E-state index contributed by atoms with van der Waals surface area (Å²) in [7, 11) is 0. The van der Waals surface area contributed by atoms with Crippen LogP contribution in [0.2, 0.25) is 0 Å². The molecule has 8 nitrogen and oxygen atoms in total. The molecule has 1 aliphatic rings. The molecule has 27 heavy (non-hydrogen) atoms. The van der Waals surface area contributed by atoms with E-state index in [1.807, 2.05) is 35.0 Å². The summed E-state index contributed by atoms with van der Waals surface area (Å²) in [6.45, 7) is 2.50. The topological polar surface area (TPSA) is 97.7 Å². The van der Waals surface area contributed by atoms with Crippen molar-refractivity contribution in [2.45, 2.75) is 20.1 Å². The Labute approximate surface area is 154 Å². The molecule has 4 heterocycles. The van der Waals surface area contributed by atoms with Crippen molar-refractivity contribution in [3.05, 3.63) is 54.0 Å². The highest BCUT2D eigenvalue weighted by atomic mass is 16.5. The van der Waals surface area contributed by atoms with Crippen molar-refractivity contribution in [2.75, 3.05) is 5.32 Å². The molecular weight excluding hydrogens is 344 g/mol. The minimum absolute atomic E-state index is 0.107. The highest BCUT2D eigenvalue weighted by Crippen LogP contribution is 2.30. The quantitative estimate of drug-likeness (QED) is 0.573. The zero-order valence-electron chi connectivity index (χ0n) is 14.6. The lowest BCUT2D eigenvalue weighted by Gasteiger charge is -2.09. The van der Waals surface area contributed by atoms with Crippen molar-refractivity contribution in [3.63, 3.8) is 0 Å². The molecule has 5 rings (SSSR count). The molecule has 0 unspecified atom stereocenters.